The number of carbonyl (C=O) groups excluding carboxylic acids is 2. The van der Waals surface area contributed by atoms with Crippen molar-refractivity contribution in [3.05, 3.63) is 0 Å². The lowest BCUT2D eigenvalue weighted by Crippen LogP contribution is -2.25. The summed E-state index contributed by atoms with van der Waals surface area (Å²) in [5.41, 5.74) is 0. The number of ether oxygens (including phenoxy) is 1. The van der Waals surface area contributed by atoms with E-state index >= 15 is 0 Å². The van der Waals surface area contributed by atoms with Gasteiger partial charge in [0.2, 0.25) is 0 Å². The van der Waals surface area contributed by atoms with Gasteiger partial charge in [0.1, 0.15) is 6.42 Å². The second-order valence-electron chi connectivity index (χ2n) is 4.31. The fraction of sp³-hybridized carbons (Fsp3) is 0.833. The highest BCUT2D eigenvalue weighted by molar-refractivity contribution is 7.86. The Kier molecular flexibility index (Phi) is 6.40. The lowest BCUT2D eigenvalue weighted by molar-refractivity contribution is -0.145. The molecule has 0 saturated heterocycles. The van der Waals surface area contributed by atoms with Crippen LogP contribution in [0.2, 0.25) is 0 Å². The molecule has 0 N–H and O–H groups in total. The zero-order valence-corrected chi connectivity index (χ0v) is 11.1. The number of carbonyl (C=O) groups is 2. The zero-order valence-electron chi connectivity index (χ0n) is 10.3. The van der Waals surface area contributed by atoms with E-state index < -0.39 is 16.8 Å². The third kappa shape index (κ3) is 5.44. The summed E-state index contributed by atoms with van der Waals surface area (Å²) in [6.45, 7) is 1.97. The molecule has 0 aromatic rings. The van der Waals surface area contributed by atoms with Gasteiger partial charge < -0.3 is 4.74 Å². The maximum atomic E-state index is 11.9. The van der Waals surface area contributed by atoms with Gasteiger partial charge in [0.05, 0.1) is 12.4 Å². The minimum absolute atomic E-state index is 0.00345. The van der Waals surface area contributed by atoms with Gasteiger partial charge in [0, 0.05) is 16.0 Å². The summed E-state index contributed by atoms with van der Waals surface area (Å²) >= 11 is 0. The molecule has 5 heteroatoms. The number of ketones is 1. The van der Waals surface area contributed by atoms with Gasteiger partial charge in [-0.3, -0.25) is 13.8 Å². The minimum atomic E-state index is -1.11. The van der Waals surface area contributed by atoms with E-state index in [9.17, 15) is 13.8 Å². The highest BCUT2D eigenvalue weighted by atomic mass is 32.2. The number of hydrogen-bond donors (Lipinski definition) is 0. The van der Waals surface area contributed by atoms with E-state index in [2.05, 4.69) is 4.74 Å². The van der Waals surface area contributed by atoms with Gasteiger partial charge >= 0.3 is 5.97 Å². The summed E-state index contributed by atoms with van der Waals surface area (Å²) < 4.78 is 16.6. The quantitative estimate of drug-likeness (QED) is 0.537. The van der Waals surface area contributed by atoms with Crippen molar-refractivity contribution in [2.45, 2.75) is 50.7 Å². The first-order valence-electron chi connectivity index (χ1n) is 6.18. The van der Waals surface area contributed by atoms with Gasteiger partial charge in [-0.05, 0) is 19.8 Å². The Morgan fingerprint density at radius 1 is 1.24 bits per heavy atom. The van der Waals surface area contributed by atoms with E-state index in [0.717, 1.165) is 25.7 Å². The molecule has 0 bridgehead atoms. The van der Waals surface area contributed by atoms with Crippen molar-refractivity contribution in [3.63, 3.8) is 0 Å². The fourth-order valence-electron chi connectivity index (χ4n) is 2.03. The lowest BCUT2D eigenvalue weighted by Gasteiger charge is -2.20. The van der Waals surface area contributed by atoms with Crippen molar-refractivity contribution < 1.29 is 18.5 Å². The normalized spacial score (nSPS) is 18.6. The fourth-order valence-corrected chi connectivity index (χ4v) is 3.54. The molecule has 1 fully saturated rings. The molecule has 1 aliphatic rings. The van der Waals surface area contributed by atoms with Gasteiger partial charge in [-0.2, -0.15) is 0 Å². The molecule has 17 heavy (non-hydrogen) atoms. The van der Waals surface area contributed by atoms with E-state index in [4.69, 9.17) is 0 Å². The van der Waals surface area contributed by atoms with Crippen LogP contribution in [0.15, 0.2) is 0 Å². The monoisotopic (exact) mass is 260 g/mol. The molecule has 1 unspecified atom stereocenters. The Morgan fingerprint density at radius 2 is 1.88 bits per heavy atom. The van der Waals surface area contributed by atoms with E-state index in [-0.39, 0.29) is 29.8 Å². The smallest absolute Gasteiger partial charge is 0.313 e. The Bertz CT molecular complexity index is 295. The number of esters is 1. The van der Waals surface area contributed by atoms with Crippen LogP contribution in [0.4, 0.5) is 0 Å². The van der Waals surface area contributed by atoms with Crippen molar-refractivity contribution >= 4 is 22.6 Å². The topological polar surface area (TPSA) is 60.4 Å². The Balaban J connectivity index is 2.29. The highest BCUT2D eigenvalue weighted by Gasteiger charge is 2.22. The molecule has 0 heterocycles. The molecular formula is C12H20O4S. The van der Waals surface area contributed by atoms with Crippen molar-refractivity contribution in [1.82, 2.24) is 0 Å². The van der Waals surface area contributed by atoms with Crippen molar-refractivity contribution in [2.75, 3.05) is 12.4 Å². The minimum Gasteiger partial charge on any atom is -0.466 e. The first-order chi connectivity index (χ1) is 8.13. The second-order valence-corrected chi connectivity index (χ2v) is 6.02. The van der Waals surface area contributed by atoms with E-state index in [1.165, 1.54) is 6.42 Å². The molecular weight excluding hydrogens is 240 g/mol. The largest absolute Gasteiger partial charge is 0.466 e. The molecule has 0 aliphatic heterocycles. The Morgan fingerprint density at radius 3 is 2.47 bits per heavy atom. The van der Waals surface area contributed by atoms with Crippen molar-refractivity contribution in [3.8, 4) is 0 Å². The van der Waals surface area contributed by atoms with E-state index in [1.807, 2.05) is 0 Å². The maximum Gasteiger partial charge on any atom is 0.313 e. The molecule has 1 aliphatic carbocycles. The molecule has 0 spiro atoms. The maximum absolute atomic E-state index is 11.9. The van der Waals surface area contributed by atoms with Crippen LogP contribution in [0.3, 0.4) is 0 Å². The summed E-state index contributed by atoms with van der Waals surface area (Å²) in [6.07, 6.45) is 5.04. The average Bonchev–Trinajstić information content (AvgIpc) is 2.30. The molecule has 0 aromatic heterocycles. The standard InChI is InChI=1S/C12H20O4S/c1-2-16-12(14)8-10(13)9-17(15)11-6-4-3-5-7-11/h11H,2-9H2,1H3. The summed E-state index contributed by atoms with van der Waals surface area (Å²) in [5, 5.41) is 0.148. The van der Waals surface area contributed by atoms with E-state index in [0.29, 0.717) is 0 Å². The molecule has 0 radical (unpaired) electrons. The number of rotatable bonds is 6. The summed E-state index contributed by atoms with van der Waals surface area (Å²) in [4.78, 5) is 22.6. The molecule has 1 saturated carbocycles. The van der Waals surface area contributed by atoms with Gasteiger partial charge in [-0.15, -0.1) is 0 Å². The lowest BCUT2D eigenvalue weighted by atomic mass is 10.0. The average molecular weight is 260 g/mol. The number of hydrogen-bond acceptors (Lipinski definition) is 4. The van der Waals surface area contributed by atoms with Crippen LogP contribution < -0.4 is 0 Å². The first kappa shape index (κ1) is 14.4. The summed E-state index contributed by atoms with van der Waals surface area (Å²) in [5.74, 6) is -0.783. The predicted molar refractivity (Wildman–Crippen MR) is 66.1 cm³/mol. The molecule has 0 amide bonds. The molecule has 98 valence electrons. The van der Waals surface area contributed by atoms with Crippen molar-refractivity contribution in [1.29, 1.82) is 0 Å². The molecule has 0 aromatic carbocycles. The van der Waals surface area contributed by atoms with Gasteiger partial charge in [-0.25, -0.2) is 0 Å². The summed E-state index contributed by atoms with van der Waals surface area (Å²) in [7, 11) is -1.11. The van der Waals surface area contributed by atoms with Crippen molar-refractivity contribution in [2.24, 2.45) is 0 Å². The van der Waals surface area contributed by atoms with Crippen LogP contribution in [0, 0.1) is 0 Å². The summed E-state index contributed by atoms with van der Waals surface area (Å²) in [6, 6.07) is 0. The van der Waals surface area contributed by atoms with Crippen LogP contribution in [-0.2, 0) is 25.1 Å². The van der Waals surface area contributed by atoms with Gasteiger partial charge in [-0.1, -0.05) is 19.3 Å². The van der Waals surface area contributed by atoms with E-state index in [1.54, 1.807) is 6.92 Å². The van der Waals surface area contributed by atoms with Gasteiger partial charge in [0.25, 0.3) is 0 Å². The predicted octanol–water partition coefficient (Wildman–Crippen LogP) is 1.59. The van der Waals surface area contributed by atoms with Crippen LogP contribution in [0.1, 0.15) is 45.4 Å². The third-order valence-electron chi connectivity index (χ3n) is 2.87. The Hall–Kier alpha value is -0.710. The third-order valence-corrected chi connectivity index (χ3v) is 4.70. The van der Waals surface area contributed by atoms with Crippen LogP contribution in [0.5, 0.6) is 0 Å². The van der Waals surface area contributed by atoms with Gasteiger partial charge in [0.15, 0.2) is 5.78 Å². The highest BCUT2D eigenvalue weighted by Crippen LogP contribution is 2.22. The zero-order chi connectivity index (χ0) is 12.7. The molecule has 4 nitrogen and oxygen atoms in total. The second kappa shape index (κ2) is 7.58. The molecule has 1 atom stereocenters. The van der Waals surface area contributed by atoms with Crippen LogP contribution in [-0.4, -0.2) is 33.6 Å². The number of Topliss-reactive ketones (excluding diaryl/α,β-unsaturated/α-hetero) is 1. The van der Waals surface area contributed by atoms with Crippen LogP contribution in [0.25, 0.3) is 0 Å². The molecule has 1 rings (SSSR count). The SMILES string of the molecule is CCOC(=O)CC(=O)CS(=O)C1CCCCC1. The van der Waals surface area contributed by atoms with Crippen LogP contribution >= 0.6 is 0 Å². The Labute approximate surface area is 105 Å². The first-order valence-corrected chi connectivity index (χ1v) is 7.56.